The molecule has 0 aliphatic rings. The minimum atomic E-state index is -1.32. The summed E-state index contributed by atoms with van der Waals surface area (Å²) in [6.07, 6.45) is -2.41. The van der Waals surface area contributed by atoms with E-state index in [9.17, 15) is 18.7 Å². The average molecular weight is 350 g/mol. The molecule has 0 bridgehead atoms. The summed E-state index contributed by atoms with van der Waals surface area (Å²) in [5.41, 5.74) is 1.28. The van der Waals surface area contributed by atoms with E-state index in [4.69, 9.17) is 5.11 Å². The first-order valence-corrected chi connectivity index (χ1v) is 7.81. The topological polar surface area (TPSA) is 81.6 Å². The summed E-state index contributed by atoms with van der Waals surface area (Å²) in [5, 5.41) is 24.4. The van der Waals surface area contributed by atoms with E-state index in [1.807, 2.05) is 30.3 Å². The fourth-order valence-electron chi connectivity index (χ4n) is 2.53. The van der Waals surface area contributed by atoms with Crippen LogP contribution < -0.4 is 10.6 Å². The molecule has 0 spiro atoms. The normalized spacial score (nSPS) is 13.2. The van der Waals surface area contributed by atoms with Gasteiger partial charge in [-0.3, -0.25) is 0 Å². The van der Waals surface area contributed by atoms with E-state index in [2.05, 4.69) is 10.6 Å². The molecule has 4 N–H and O–H groups in total. The Kier molecular flexibility index (Phi) is 6.85. The maximum absolute atomic E-state index is 13.3. The van der Waals surface area contributed by atoms with Crippen LogP contribution in [0.4, 0.5) is 13.6 Å². The molecule has 0 heterocycles. The van der Waals surface area contributed by atoms with Crippen molar-refractivity contribution in [2.24, 2.45) is 0 Å². The van der Waals surface area contributed by atoms with Gasteiger partial charge >= 0.3 is 6.09 Å². The highest BCUT2D eigenvalue weighted by atomic mass is 19.1. The number of amides is 1. The van der Waals surface area contributed by atoms with E-state index in [-0.39, 0.29) is 18.5 Å². The quantitative estimate of drug-likeness (QED) is 0.589. The van der Waals surface area contributed by atoms with Crippen molar-refractivity contribution >= 4 is 6.09 Å². The predicted molar refractivity (Wildman–Crippen MR) is 89.2 cm³/mol. The first-order valence-electron chi connectivity index (χ1n) is 7.81. The van der Waals surface area contributed by atoms with Gasteiger partial charge < -0.3 is 20.8 Å². The highest BCUT2D eigenvalue weighted by Crippen LogP contribution is 2.12. The molecular weight excluding hydrogens is 330 g/mol. The lowest BCUT2D eigenvalue weighted by atomic mass is 10.0. The van der Waals surface area contributed by atoms with Gasteiger partial charge in [-0.05, 0) is 29.7 Å². The zero-order valence-corrected chi connectivity index (χ0v) is 13.5. The molecular formula is C18H20F2N2O3. The van der Waals surface area contributed by atoms with Gasteiger partial charge in [0.25, 0.3) is 0 Å². The van der Waals surface area contributed by atoms with E-state index in [0.717, 1.165) is 23.8 Å². The molecule has 2 aromatic carbocycles. The number of rotatable bonds is 8. The molecule has 5 nitrogen and oxygen atoms in total. The van der Waals surface area contributed by atoms with E-state index in [1.165, 1.54) is 0 Å². The highest BCUT2D eigenvalue weighted by molar-refractivity contribution is 5.65. The minimum absolute atomic E-state index is 0.0326. The summed E-state index contributed by atoms with van der Waals surface area (Å²) in [6.45, 7) is 0.629. The zero-order valence-electron chi connectivity index (χ0n) is 13.5. The molecule has 134 valence electrons. The third-order valence-corrected chi connectivity index (χ3v) is 3.68. The van der Waals surface area contributed by atoms with Crippen molar-refractivity contribution < 1.29 is 23.8 Å². The van der Waals surface area contributed by atoms with Gasteiger partial charge in [0, 0.05) is 19.2 Å². The molecule has 2 aromatic rings. The van der Waals surface area contributed by atoms with Gasteiger partial charge in [0.15, 0.2) is 0 Å². The van der Waals surface area contributed by atoms with E-state index >= 15 is 0 Å². The lowest BCUT2D eigenvalue weighted by Crippen LogP contribution is -2.48. The monoisotopic (exact) mass is 350 g/mol. The van der Waals surface area contributed by atoms with Crippen molar-refractivity contribution in [1.82, 2.24) is 10.6 Å². The van der Waals surface area contributed by atoms with Crippen LogP contribution in [0.2, 0.25) is 0 Å². The Labute approximate surface area is 144 Å². The zero-order chi connectivity index (χ0) is 18.2. The first kappa shape index (κ1) is 18.8. The lowest BCUT2D eigenvalue weighted by Gasteiger charge is -2.23. The second-order valence-electron chi connectivity index (χ2n) is 5.72. The standard InChI is InChI=1S/C18H20F2N2O3/c19-14-6-13(7-15(20)9-14)8-16(22-18(24)25)17(23)11-21-10-12-4-2-1-3-5-12/h1-7,9,16-17,21-23H,8,10-11H2,(H,24,25)/t16-,17-/m0/s1. The molecule has 0 aliphatic carbocycles. The van der Waals surface area contributed by atoms with Crippen LogP contribution in [0.15, 0.2) is 48.5 Å². The van der Waals surface area contributed by atoms with Gasteiger partial charge in [0.05, 0.1) is 12.1 Å². The third-order valence-electron chi connectivity index (χ3n) is 3.68. The molecule has 0 radical (unpaired) electrons. The van der Waals surface area contributed by atoms with Crippen molar-refractivity contribution in [2.75, 3.05) is 6.54 Å². The molecule has 2 atom stereocenters. The van der Waals surface area contributed by atoms with Crippen LogP contribution in [-0.2, 0) is 13.0 Å². The summed E-state index contributed by atoms with van der Waals surface area (Å²) in [7, 11) is 0. The van der Waals surface area contributed by atoms with Gasteiger partial charge in [-0.25, -0.2) is 13.6 Å². The molecule has 0 fully saturated rings. The first-order chi connectivity index (χ1) is 11.9. The number of benzene rings is 2. The van der Waals surface area contributed by atoms with E-state index < -0.39 is 29.9 Å². The van der Waals surface area contributed by atoms with Crippen LogP contribution in [-0.4, -0.2) is 35.0 Å². The van der Waals surface area contributed by atoms with Gasteiger partial charge in [-0.15, -0.1) is 0 Å². The Balaban J connectivity index is 1.96. The van der Waals surface area contributed by atoms with E-state index in [1.54, 1.807) is 0 Å². The Bertz CT molecular complexity index is 678. The highest BCUT2D eigenvalue weighted by Gasteiger charge is 2.22. The molecule has 2 rings (SSSR count). The van der Waals surface area contributed by atoms with Gasteiger partial charge in [-0.2, -0.15) is 0 Å². The third kappa shape index (κ3) is 6.48. The number of aliphatic hydroxyl groups is 1. The Hall–Kier alpha value is -2.51. The number of aliphatic hydroxyl groups excluding tert-OH is 1. The number of hydrogen-bond donors (Lipinski definition) is 4. The maximum Gasteiger partial charge on any atom is 0.404 e. The van der Waals surface area contributed by atoms with Gasteiger partial charge in [-0.1, -0.05) is 30.3 Å². The Morgan fingerprint density at radius 1 is 1.04 bits per heavy atom. The minimum Gasteiger partial charge on any atom is -0.465 e. The smallest absolute Gasteiger partial charge is 0.404 e. The van der Waals surface area contributed by atoms with Crippen LogP contribution in [0.5, 0.6) is 0 Å². The lowest BCUT2D eigenvalue weighted by molar-refractivity contribution is 0.117. The number of nitrogens with one attached hydrogen (secondary N) is 2. The summed E-state index contributed by atoms with van der Waals surface area (Å²) >= 11 is 0. The van der Waals surface area contributed by atoms with Crippen molar-refractivity contribution in [2.45, 2.75) is 25.1 Å². The molecule has 0 saturated carbocycles. The molecule has 1 amide bonds. The Morgan fingerprint density at radius 2 is 1.68 bits per heavy atom. The van der Waals surface area contributed by atoms with Crippen molar-refractivity contribution in [1.29, 1.82) is 0 Å². The van der Waals surface area contributed by atoms with Crippen molar-refractivity contribution in [3.8, 4) is 0 Å². The molecule has 0 unspecified atom stereocenters. The molecule has 0 saturated heterocycles. The fraction of sp³-hybridized carbons (Fsp3) is 0.278. The second-order valence-corrected chi connectivity index (χ2v) is 5.72. The summed E-state index contributed by atoms with van der Waals surface area (Å²) in [5.74, 6) is -1.50. The SMILES string of the molecule is O=C(O)N[C@@H](Cc1cc(F)cc(F)c1)[C@@H](O)CNCc1ccccc1. The second kappa shape index (κ2) is 9.10. The molecule has 0 aromatic heterocycles. The summed E-state index contributed by atoms with van der Waals surface area (Å²) in [6, 6.07) is 11.6. The Morgan fingerprint density at radius 3 is 2.28 bits per heavy atom. The van der Waals surface area contributed by atoms with Crippen LogP contribution >= 0.6 is 0 Å². The average Bonchev–Trinajstić information content (AvgIpc) is 2.54. The predicted octanol–water partition coefficient (Wildman–Crippen LogP) is 2.29. The fourth-order valence-corrected chi connectivity index (χ4v) is 2.53. The molecule has 0 aliphatic heterocycles. The molecule has 25 heavy (non-hydrogen) atoms. The van der Waals surface area contributed by atoms with Crippen LogP contribution in [0.1, 0.15) is 11.1 Å². The van der Waals surface area contributed by atoms with Crippen LogP contribution in [0.25, 0.3) is 0 Å². The van der Waals surface area contributed by atoms with Crippen molar-refractivity contribution in [3.05, 3.63) is 71.3 Å². The number of carbonyl (C=O) groups is 1. The largest absolute Gasteiger partial charge is 0.465 e. The van der Waals surface area contributed by atoms with Gasteiger partial charge in [0.2, 0.25) is 0 Å². The summed E-state index contributed by atoms with van der Waals surface area (Å²) in [4.78, 5) is 10.9. The van der Waals surface area contributed by atoms with E-state index in [0.29, 0.717) is 6.54 Å². The van der Waals surface area contributed by atoms with Crippen LogP contribution in [0, 0.1) is 11.6 Å². The molecule has 7 heteroatoms. The van der Waals surface area contributed by atoms with Crippen LogP contribution in [0.3, 0.4) is 0 Å². The summed E-state index contributed by atoms with van der Waals surface area (Å²) < 4.78 is 26.6. The number of carboxylic acid groups (broad SMARTS) is 1. The van der Waals surface area contributed by atoms with Crippen molar-refractivity contribution in [3.63, 3.8) is 0 Å². The maximum atomic E-state index is 13.3. The number of hydrogen-bond acceptors (Lipinski definition) is 3. The number of halogens is 2. The van der Waals surface area contributed by atoms with Gasteiger partial charge in [0.1, 0.15) is 11.6 Å².